The molecular weight excluding hydrogens is 240 g/mol. The summed E-state index contributed by atoms with van der Waals surface area (Å²) >= 11 is 0. The molecule has 1 N–H and O–H groups in total. The van der Waals surface area contributed by atoms with Crippen LogP contribution in [0, 0.1) is 6.92 Å². The lowest BCUT2D eigenvalue weighted by atomic mass is 10.2. The molecular formula is C11H14N2O5. The average molecular weight is 254 g/mol. The van der Waals surface area contributed by atoms with Crippen molar-refractivity contribution >= 4 is 6.47 Å². The lowest BCUT2D eigenvalue weighted by molar-refractivity contribution is -0.135. The van der Waals surface area contributed by atoms with E-state index in [0.29, 0.717) is 12.2 Å². The fraction of sp³-hybridized carbons (Fsp3) is 0.545. The summed E-state index contributed by atoms with van der Waals surface area (Å²) in [7, 11) is 0. The Hall–Kier alpha value is -1.73. The van der Waals surface area contributed by atoms with Crippen LogP contribution >= 0.6 is 0 Å². The van der Waals surface area contributed by atoms with Crippen LogP contribution in [0.15, 0.2) is 17.1 Å². The zero-order valence-electron chi connectivity index (χ0n) is 9.85. The summed E-state index contributed by atoms with van der Waals surface area (Å²) < 4.78 is 11.3. The molecule has 0 bridgehead atoms. The molecule has 1 saturated heterocycles. The number of aliphatic hydroxyl groups excluding tert-OH is 1. The quantitative estimate of drug-likeness (QED) is 0.720. The van der Waals surface area contributed by atoms with Gasteiger partial charge in [0.25, 0.3) is 6.47 Å². The number of hydrogen-bond donors (Lipinski definition) is 1. The maximum Gasteiger partial charge on any atom is 0.349 e. The van der Waals surface area contributed by atoms with Gasteiger partial charge in [-0.15, -0.1) is 0 Å². The Morgan fingerprint density at radius 1 is 1.72 bits per heavy atom. The molecule has 1 aromatic rings. The molecule has 7 heteroatoms. The summed E-state index contributed by atoms with van der Waals surface area (Å²) in [5.41, 5.74) is 0.194. The second-order valence-corrected chi connectivity index (χ2v) is 4.12. The topological polar surface area (TPSA) is 90.6 Å². The number of carbonyl (C=O) groups excluding carboxylic acids is 1. The average Bonchev–Trinajstić information content (AvgIpc) is 2.68. The van der Waals surface area contributed by atoms with Gasteiger partial charge in [-0.05, 0) is 13.0 Å². The lowest BCUT2D eigenvalue weighted by Crippen LogP contribution is -2.28. The van der Waals surface area contributed by atoms with E-state index in [1.54, 1.807) is 19.2 Å². The van der Waals surface area contributed by atoms with Gasteiger partial charge in [0, 0.05) is 18.3 Å². The Morgan fingerprint density at radius 2 is 2.50 bits per heavy atom. The summed E-state index contributed by atoms with van der Waals surface area (Å²) in [6.45, 7) is 1.98. The largest absolute Gasteiger partial charge is 0.465 e. The van der Waals surface area contributed by atoms with Gasteiger partial charge in [0.05, 0.1) is 6.10 Å². The van der Waals surface area contributed by atoms with Crippen molar-refractivity contribution in [3.05, 3.63) is 28.4 Å². The van der Waals surface area contributed by atoms with E-state index in [0.717, 1.165) is 0 Å². The molecule has 0 aromatic carbocycles. The molecule has 0 saturated carbocycles. The number of aromatic nitrogens is 2. The van der Waals surface area contributed by atoms with E-state index in [-0.39, 0.29) is 13.0 Å². The number of ether oxygens (including phenoxy) is 2. The Bertz CT molecular complexity index is 487. The molecule has 0 aliphatic carbocycles. The first-order chi connectivity index (χ1) is 8.61. The SMILES string of the molecule is Cc1ccn([C@@H]2CC(O)[C@H](COC=O)O2)c(=O)n1. The molecule has 1 aliphatic heterocycles. The van der Waals surface area contributed by atoms with Crippen LogP contribution in [0.25, 0.3) is 0 Å². The summed E-state index contributed by atoms with van der Waals surface area (Å²) in [5, 5.41) is 9.74. The van der Waals surface area contributed by atoms with Gasteiger partial charge in [-0.3, -0.25) is 9.36 Å². The molecule has 3 atom stereocenters. The predicted molar refractivity (Wildman–Crippen MR) is 59.8 cm³/mol. The summed E-state index contributed by atoms with van der Waals surface area (Å²) in [6.07, 6.45) is -0.139. The Balaban J connectivity index is 2.11. The van der Waals surface area contributed by atoms with Gasteiger partial charge in [0.15, 0.2) is 0 Å². The van der Waals surface area contributed by atoms with E-state index < -0.39 is 24.1 Å². The smallest absolute Gasteiger partial charge is 0.349 e. The first-order valence-electron chi connectivity index (χ1n) is 5.56. The molecule has 0 spiro atoms. The van der Waals surface area contributed by atoms with E-state index in [2.05, 4.69) is 9.72 Å². The van der Waals surface area contributed by atoms with Gasteiger partial charge < -0.3 is 14.6 Å². The molecule has 0 amide bonds. The zero-order chi connectivity index (χ0) is 13.1. The van der Waals surface area contributed by atoms with Crippen molar-refractivity contribution in [1.29, 1.82) is 0 Å². The second kappa shape index (κ2) is 5.28. The van der Waals surface area contributed by atoms with Crippen LogP contribution in [0.3, 0.4) is 0 Å². The number of carbonyl (C=O) groups is 1. The Kier molecular flexibility index (Phi) is 3.73. The first-order valence-corrected chi connectivity index (χ1v) is 5.56. The van der Waals surface area contributed by atoms with Gasteiger partial charge in [0.2, 0.25) is 0 Å². The maximum absolute atomic E-state index is 11.7. The molecule has 0 radical (unpaired) electrons. The van der Waals surface area contributed by atoms with E-state index >= 15 is 0 Å². The number of rotatable bonds is 4. The van der Waals surface area contributed by atoms with Gasteiger partial charge in [-0.2, -0.15) is 4.98 Å². The Labute approximate surface area is 103 Å². The van der Waals surface area contributed by atoms with Gasteiger partial charge in [0.1, 0.15) is 18.9 Å². The molecule has 2 heterocycles. The van der Waals surface area contributed by atoms with Crippen molar-refractivity contribution < 1.29 is 19.4 Å². The third-order valence-corrected chi connectivity index (χ3v) is 2.81. The Morgan fingerprint density at radius 3 is 3.17 bits per heavy atom. The van der Waals surface area contributed by atoms with E-state index in [1.807, 2.05) is 0 Å². The van der Waals surface area contributed by atoms with E-state index in [9.17, 15) is 14.7 Å². The van der Waals surface area contributed by atoms with Crippen molar-refractivity contribution in [3.63, 3.8) is 0 Å². The highest BCUT2D eigenvalue weighted by molar-refractivity contribution is 5.36. The van der Waals surface area contributed by atoms with Crippen LogP contribution in [0.4, 0.5) is 0 Å². The minimum atomic E-state index is -0.775. The number of aryl methyl sites for hydroxylation is 1. The van der Waals surface area contributed by atoms with Crippen LogP contribution < -0.4 is 5.69 Å². The highest BCUT2D eigenvalue weighted by atomic mass is 16.6. The minimum absolute atomic E-state index is 0.0325. The molecule has 1 unspecified atom stereocenters. The van der Waals surface area contributed by atoms with E-state index in [4.69, 9.17) is 4.74 Å². The lowest BCUT2D eigenvalue weighted by Gasteiger charge is -2.14. The second-order valence-electron chi connectivity index (χ2n) is 4.12. The molecule has 1 aliphatic rings. The highest BCUT2D eigenvalue weighted by Gasteiger charge is 2.35. The van der Waals surface area contributed by atoms with Crippen LogP contribution in [0.2, 0.25) is 0 Å². The predicted octanol–water partition coefficient (Wildman–Crippen LogP) is -0.627. The molecule has 1 fully saturated rings. The molecule has 18 heavy (non-hydrogen) atoms. The van der Waals surface area contributed by atoms with Crippen molar-refractivity contribution in [2.75, 3.05) is 6.61 Å². The molecule has 98 valence electrons. The van der Waals surface area contributed by atoms with Crippen molar-refractivity contribution in [1.82, 2.24) is 9.55 Å². The summed E-state index contributed by atoms with van der Waals surface area (Å²) in [4.78, 5) is 25.5. The standard InChI is InChI=1S/C11H14N2O5/c1-7-2-3-13(11(16)12-7)10-4-8(15)9(18-10)5-17-6-14/h2-3,6,8-10,15H,4-5H2,1H3/t8?,9-,10-/m0/s1. The summed E-state index contributed by atoms with van der Waals surface area (Å²) in [6, 6.07) is 1.69. The number of aliphatic hydroxyl groups is 1. The van der Waals surface area contributed by atoms with E-state index in [1.165, 1.54) is 4.57 Å². The highest BCUT2D eigenvalue weighted by Crippen LogP contribution is 2.27. The third kappa shape index (κ3) is 2.57. The van der Waals surface area contributed by atoms with Gasteiger partial charge >= 0.3 is 5.69 Å². The molecule has 2 rings (SSSR count). The minimum Gasteiger partial charge on any atom is -0.465 e. The first kappa shape index (κ1) is 12.7. The summed E-state index contributed by atoms with van der Waals surface area (Å²) in [5.74, 6) is 0. The number of hydrogen-bond acceptors (Lipinski definition) is 6. The van der Waals surface area contributed by atoms with Crippen molar-refractivity contribution in [2.24, 2.45) is 0 Å². The monoisotopic (exact) mass is 254 g/mol. The normalized spacial score (nSPS) is 27.1. The van der Waals surface area contributed by atoms with Crippen LogP contribution in [-0.4, -0.2) is 39.9 Å². The maximum atomic E-state index is 11.7. The fourth-order valence-electron chi connectivity index (χ4n) is 1.89. The molecule has 7 nitrogen and oxygen atoms in total. The fourth-order valence-corrected chi connectivity index (χ4v) is 1.89. The zero-order valence-corrected chi connectivity index (χ0v) is 9.85. The molecule has 1 aromatic heterocycles. The van der Waals surface area contributed by atoms with Crippen molar-refractivity contribution in [2.45, 2.75) is 31.8 Å². The van der Waals surface area contributed by atoms with Crippen LogP contribution in [0.1, 0.15) is 18.3 Å². The number of nitrogens with zero attached hydrogens (tertiary/aromatic N) is 2. The van der Waals surface area contributed by atoms with Crippen molar-refractivity contribution in [3.8, 4) is 0 Å². The van der Waals surface area contributed by atoms with Gasteiger partial charge in [-0.25, -0.2) is 4.79 Å². The third-order valence-electron chi connectivity index (χ3n) is 2.81. The van der Waals surface area contributed by atoms with Crippen LogP contribution in [-0.2, 0) is 14.3 Å². The van der Waals surface area contributed by atoms with Crippen LogP contribution in [0.5, 0.6) is 0 Å². The van der Waals surface area contributed by atoms with Gasteiger partial charge in [-0.1, -0.05) is 0 Å².